The van der Waals surface area contributed by atoms with Crippen molar-refractivity contribution < 1.29 is 14.5 Å². The molecule has 0 bridgehead atoms. The zero-order chi connectivity index (χ0) is 18.1. The number of aryl methyl sites for hydroxylation is 1. The summed E-state index contributed by atoms with van der Waals surface area (Å²) in [4.78, 5) is 36.1. The number of hydrogen-bond acceptors (Lipinski definition) is 5. The highest BCUT2D eigenvalue weighted by Crippen LogP contribution is 2.38. The standard InChI is InChI=1S/C17H17N3O4S/c1-9-10(6-4-7-12(9)20(23)24)16(22)19-17-14(15(18)21)11-5-2-3-8-13(11)25-17/h4,6-7H,2-3,5,8H2,1H3,(H2,18,21)(H,19,22). The van der Waals surface area contributed by atoms with E-state index >= 15 is 0 Å². The van der Waals surface area contributed by atoms with E-state index in [4.69, 9.17) is 5.73 Å². The molecule has 3 rings (SSSR count). The first-order chi connectivity index (χ1) is 11.9. The predicted octanol–water partition coefficient (Wildman–Crippen LogP) is 3.19. The lowest BCUT2D eigenvalue weighted by Gasteiger charge is -2.11. The second-order valence-electron chi connectivity index (χ2n) is 5.94. The zero-order valence-electron chi connectivity index (χ0n) is 13.6. The maximum atomic E-state index is 12.6. The molecule has 7 nitrogen and oxygen atoms in total. The number of anilines is 1. The Bertz CT molecular complexity index is 888. The molecule has 2 aromatic rings. The number of amides is 2. The molecule has 1 heterocycles. The Morgan fingerprint density at radius 1 is 1.28 bits per heavy atom. The van der Waals surface area contributed by atoms with Gasteiger partial charge < -0.3 is 11.1 Å². The molecule has 130 valence electrons. The summed E-state index contributed by atoms with van der Waals surface area (Å²) in [5, 5.41) is 14.2. The van der Waals surface area contributed by atoms with E-state index in [1.54, 1.807) is 0 Å². The van der Waals surface area contributed by atoms with Gasteiger partial charge >= 0.3 is 0 Å². The first-order valence-corrected chi connectivity index (χ1v) is 8.71. The van der Waals surface area contributed by atoms with Gasteiger partial charge in [-0.05, 0) is 44.2 Å². The van der Waals surface area contributed by atoms with Crippen molar-refractivity contribution in [3.8, 4) is 0 Å². The minimum absolute atomic E-state index is 0.117. The van der Waals surface area contributed by atoms with Crippen molar-refractivity contribution in [2.75, 3.05) is 5.32 Å². The molecule has 2 amide bonds. The third kappa shape index (κ3) is 3.12. The van der Waals surface area contributed by atoms with Gasteiger partial charge in [0.25, 0.3) is 17.5 Å². The van der Waals surface area contributed by atoms with Crippen molar-refractivity contribution >= 4 is 33.8 Å². The highest BCUT2D eigenvalue weighted by molar-refractivity contribution is 7.17. The molecule has 1 aliphatic rings. The molecule has 0 atom stereocenters. The first-order valence-electron chi connectivity index (χ1n) is 7.90. The fourth-order valence-electron chi connectivity index (χ4n) is 3.15. The van der Waals surface area contributed by atoms with E-state index in [2.05, 4.69) is 5.32 Å². The number of nitro benzene ring substituents is 1. The smallest absolute Gasteiger partial charge is 0.273 e. The number of fused-ring (bicyclic) bond motifs is 1. The van der Waals surface area contributed by atoms with Crippen LogP contribution in [-0.4, -0.2) is 16.7 Å². The van der Waals surface area contributed by atoms with Gasteiger partial charge in [0.2, 0.25) is 0 Å². The molecule has 8 heteroatoms. The number of rotatable bonds is 4. The summed E-state index contributed by atoms with van der Waals surface area (Å²) in [6.07, 6.45) is 3.67. The quantitative estimate of drug-likeness (QED) is 0.644. The SMILES string of the molecule is Cc1c(C(=O)Nc2sc3c(c2C(N)=O)CCCC3)cccc1[N+](=O)[O-]. The van der Waals surface area contributed by atoms with Crippen molar-refractivity contribution in [2.45, 2.75) is 32.6 Å². The summed E-state index contributed by atoms with van der Waals surface area (Å²) in [6.45, 7) is 1.53. The summed E-state index contributed by atoms with van der Waals surface area (Å²) in [5.41, 5.74) is 7.19. The summed E-state index contributed by atoms with van der Waals surface area (Å²) >= 11 is 1.36. The van der Waals surface area contributed by atoms with Crippen molar-refractivity contribution in [2.24, 2.45) is 5.73 Å². The van der Waals surface area contributed by atoms with Gasteiger partial charge in [-0.25, -0.2) is 0 Å². The van der Waals surface area contributed by atoms with E-state index < -0.39 is 16.7 Å². The fourth-order valence-corrected chi connectivity index (χ4v) is 4.44. The van der Waals surface area contributed by atoms with Gasteiger partial charge in [0.1, 0.15) is 5.00 Å². The Morgan fingerprint density at radius 3 is 2.68 bits per heavy atom. The minimum atomic E-state index is -0.564. The van der Waals surface area contributed by atoms with Crippen molar-refractivity contribution in [3.63, 3.8) is 0 Å². The van der Waals surface area contributed by atoms with E-state index in [0.717, 1.165) is 36.1 Å². The number of carbonyl (C=O) groups is 2. The number of thiophene rings is 1. The van der Waals surface area contributed by atoms with Crippen LogP contribution in [0.15, 0.2) is 18.2 Å². The number of nitrogens with two attached hydrogens (primary N) is 1. The van der Waals surface area contributed by atoms with E-state index in [1.165, 1.54) is 36.5 Å². The lowest BCUT2D eigenvalue weighted by atomic mass is 9.95. The fraction of sp³-hybridized carbons (Fsp3) is 0.294. The van der Waals surface area contributed by atoms with E-state index in [1.807, 2.05) is 0 Å². The summed E-state index contributed by atoms with van der Waals surface area (Å²) < 4.78 is 0. The normalized spacial score (nSPS) is 13.2. The zero-order valence-corrected chi connectivity index (χ0v) is 14.4. The minimum Gasteiger partial charge on any atom is -0.365 e. The topological polar surface area (TPSA) is 115 Å². The van der Waals surface area contributed by atoms with E-state index in [0.29, 0.717) is 10.6 Å². The largest absolute Gasteiger partial charge is 0.365 e. The Hall–Kier alpha value is -2.74. The second-order valence-corrected chi connectivity index (χ2v) is 7.05. The number of nitro groups is 1. The monoisotopic (exact) mass is 359 g/mol. The lowest BCUT2D eigenvalue weighted by molar-refractivity contribution is -0.385. The molecule has 0 aliphatic heterocycles. The van der Waals surface area contributed by atoms with E-state index in [9.17, 15) is 19.7 Å². The van der Waals surface area contributed by atoms with Gasteiger partial charge in [0.05, 0.1) is 10.5 Å². The predicted molar refractivity (Wildman–Crippen MR) is 95.3 cm³/mol. The van der Waals surface area contributed by atoms with Gasteiger partial charge in [-0.15, -0.1) is 11.3 Å². The molecule has 0 fully saturated rings. The van der Waals surface area contributed by atoms with Gasteiger partial charge in [0, 0.05) is 22.1 Å². The van der Waals surface area contributed by atoms with Crippen LogP contribution in [0, 0.1) is 17.0 Å². The van der Waals surface area contributed by atoms with Gasteiger partial charge in [-0.1, -0.05) is 6.07 Å². The van der Waals surface area contributed by atoms with Crippen LogP contribution in [0.3, 0.4) is 0 Å². The molecule has 0 saturated carbocycles. The highest BCUT2D eigenvalue weighted by atomic mass is 32.1. The molecule has 1 aromatic carbocycles. The molecule has 25 heavy (non-hydrogen) atoms. The lowest BCUT2D eigenvalue weighted by Crippen LogP contribution is -2.19. The molecule has 0 unspecified atom stereocenters. The summed E-state index contributed by atoms with van der Waals surface area (Å²) in [7, 11) is 0. The molecule has 1 aromatic heterocycles. The van der Waals surface area contributed by atoms with Gasteiger partial charge in [-0.2, -0.15) is 0 Å². The van der Waals surface area contributed by atoms with Crippen LogP contribution < -0.4 is 11.1 Å². The molecule has 0 radical (unpaired) electrons. The van der Waals surface area contributed by atoms with Crippen molar-refractivity contribution in [1.82, 2.24) is 0 Å². The first kappa shape index (κ1) is 17.1. The Labute approximate surface area is 148 Å². The number of nitrogens with one attached hydrogen (secondary N) is 1. The Morgan fingerprint density at radius 2 is 2.00 bits per heavy atom. The molecular formula is C17H17N3O4S. The Balaban J connectivity index is 1.97. The van der Waals surface area contributed by atoms with Crippen molar-refractivity contribution in [1.29, 1.82) is 0 Å². The van der Waals surface area contributed by atoms with Crippen LogP contribution >= 0.6 is 11.3 Å². The van der Waals surface area contributed by atoms with Crippen LogP contribution in [-0.2, 0) is 12.8 Å². The van der Waals surface area contributed by atoms with Gasteiger partial charge in [-0.3, -0.25) is 19.7 Å². The number of benzene rings is 1. The van der Waals surface area contributed by atoms with Crippen LogP contribution in [0.2, 0.25) is 0 Å². The third-order valence-corrected chi connectivity index (χ3v) is 5.60. The number of carbonyl (C=O) groups excluding carboxylic acids is 2. The summed E-state index contributed by atoms with van der Waals surface area (Å²) in [5.74, 6) is -1.05. The molecular weight excluding hydrogens is 342 g/mol. The van der Waals surface area contributed by atoms with Crippen LogP contribution in [0.25, 0.3) is 0 Å². The average Bonchev–Trinajstić information content (AvgIpc) is 2.92. The van der Waals surface area contributed by atoms with E-state index in [-0.39, 0.29) is 16.8 Å². The molecule has 3 N–H and O–H groups in total. The second kappa shape index (κ2) is 6.64. The third-order valence-electron chi connectivity index (χ3n) is 4.39. The molecule has 0 saturated heterocycles. The van der Waals surface area contributed by atoms with Gasteiger partial charge in [0.15, 0.2) is 0 Å². The van der Waals surface area contributed by atoms with Crippen molar-refractivity contribution in [3.05, 3.63) is 55.4 Å². The average molecular weight is 359 g/mol. The molecule has 1 aliphatic carbocycles. The number of hydrogen-bond donors (Lipinski definition) is 2. The van der Waals surface area contributed by atoms with Crippen LogP contribution in [0.1, 0.15) is 49.6 Å². The number of primary amides is 1. The van der Waals surface area contributed by atoms with Crippen LogP contribution in [0.4, 0.5) is 10.7 Å². The maximum absolute atomic E-state index is 12.6. The Kier molecular flexibility index (Phi) is 4.54. The summed E-state index contributed by atoms with van der Waals surface area (Å²) in [6, 6.07) is 4.34. The molecule has 0 spiro atoms. The van der Waals surface area contributed by atoms with Crippen LogP contribution in [0.5, 0.6) is 0 Å². The maximum Gasteiger partial charge on any atom is 0.273 e. The highest BCUT2D eigenvalue weighted by Gasteiger charge is 2.26. The number of nitrogens with zero attached hydrogens (tertiary/aromatic N) is 1.